The first kappa shape index (κ1) is 9.19. The van der Waals surface area contributed by atoms with Crippen molar-refractivity contribution in [1.82, 2.24) is 4.90 Å². The highest BCUT2D eigenvalue weighted by atomic mass is 16.5. The fourth-order valence-corrected chi connectivity index (χ4v) is 5.17. The van der Waals surface area contributed by atoms with Crippen LogP contribution in [0.1, 0.15) is 57.0 Å². The van der Waals surface area contributed by atoms with Gasteiger partial charge in [-0.3, -0.25) is 0 Å². The summed E-state index contributed by atoms with van der Waals surface area (Å²) in [6, 6.07) is 5.97. The molecule has 1 aromatic rings. The number of likely N-dealkylation sites (N-methyl/N-ethyl adjacent to an activating group) is 1. The van der Waals surface area contributed by atoms with Crippen LogP contribution in [0.2, 0.25) is 0 Å². The molecule has 1 saturated carbocycles. The molecule has 2 heteroatoms. The van der Waals surface area contributed by atoms with Crippen molar-refractivity contribution in [3.05, 3.63) is 29.3 Å². The molecular weight excluding hydrogens is 258 g/mol. The zero-order valence-electron chi connectivity index (χ0n) is 17.7. The molecule has 0 radical (unpaired) electrons. The highest BCUT2D eigenvalue weighted by molar-refractivity contribution is 5.45. The van der Waals surface area contributed by atoms with E-state index in [9.17, 15) is 0 Å². The van der Waals surface area contributed by atoms with E-state index >= 15 is 0 Å². The molecule has 4 rings (SSSR count). The number of rotatable bonds is 2. The molecule has 1 aromatic carbocycles. The second kappa shape index (κ2) is 5.01. The maximum atomic E-state index is 7.97. The molecule has 3 aliphatic rings. The molecule has 1 heterocycles. The van der Waals surface area contributed by atoms with Crippen LogP contribution in [0.4, 0.5) is 0 Å². The third-order valence-electron chi connectivity index (χ3n) is 6.03. The highest BCUT2D eigenvalue weighted by Crippen LogP contribution is 2.55. The molecule has 2 fully saturated rings. The molecule has 114 valence electrons. The zero-order chi connectivity index (χ0) is 18.7. The van der Waals surface area contributed by atoms with Crippen LogP contribution in [0.5, 0.6) is 5.75 Å². The molecule has 2 aliphatic carbocycles. The van der Waals surface area contributed by atoms with Crippen molar-refractivity contribution in [2.24, 2.45) is 5.92 Å². The Hall–Kier alpha value is -1.02. The minimum absolute atomic E-state index is 0.0259. The van der Waals surface area contributed by atoms with E-state index in [1.54, 1.807) is 4.90 Å². The number of ether oxygens (including phenoxy) is 1. The molecule has 2 bridgehead atoms. The van der Waals surface area contributed by atoms with E-state index in [0.717, 1.165) is 25.7 Å². The van der Waals surface area contributed by atoms with Gasteiger partial charge in [0.15, 0.2) is 0 Å². The minimum atomic E-state index is -2.03. The molecule has 1 aliphatic heterocycles. The molecule has 0 amide bonds. The summed E-state index contributed by atoms with van der Waals surface area (Å²) in [5, 5.41) is 0. The van der Waals surface area contributed by atoms with Gasteiger partial charge in [0, 0.05) is 15.6 Å². The van der Waals surface area contributed by atoms with Gasteiger partial charge in [0.05, 0.1) is 9.30 Å². The van der Waals surface area contributed by atoms with E-state index in [2.05, 4.69) is 0 Å². The lowest BCUT2D eigenvalue weighted by molar-refractivity contribution is 0.00271. The SMILES string of the molecule is [2H]C([2H])(C)Oc1ccc2c(c1)[C@]13CCCC[C@@H]1[C@H](C2)N(C([2H])([2H])[2H])CC3. The lowest BCUT2D eigenvalue weighted by Gasteiger charge is -2.58. The molecule has 0 N–H and O–H groups in total. The molecule has 0 unspecified atom stereocenters. The van der Waals surface area contributed by atoms with Gasteiger partial charge in [0.2, 0.25) is 0 Å². The first-order chi connectivity index (χ1) is 12.1. The Bertz CT molecular complexity index is 698. The Balaban J connectivity index is 1.78. The lowest BCUT2D eigenvalue weighted by Crippen LogP contribution is -2.59. The number of benzene rings is 1. The predicted octanol–water partition coefficient (Wildman–Crippen LogP) is 3.77. The fraction of sp³-hybridized carbons (Fsp3) is 0.684. The molecular formula is C19H27NO. The van der Waals surface area contributed by atoms with Crippen molar-refractivity contribution < 1.29 is 11.6 Å². The average molecular weight is 290 g/mol. The summed E-state index contributed by atoms with van der Waals surface area (Å²) < 4.78 is 44.8. The number of likely N-dealkylation sites (tertiary alicyclic amines) is 1. The van der Waals surface area contributed by atoms with Crippen LogP contribution in [0.25, 0.3) is 0 Å². The van der Waals surface area contributed by atoms with Crippen LogP contribution in [-0.4, -0.2) is 31.0 Å². The van der Waals surface area contributed by atoms with Crippen LogP contribution in [0, 0.1) is 5.92 Å². The molecule has 1 saturated heterocycles. The van der Waals surface area contributed by atoms with E-state index in [0.29, 0.717) is 18.2 Å². The number of piperidine rings is 1. The van der Waals surface area contributed by atoms with Crippen molar-refractivity contribution in [2.45, 2.75) is 56.9 Å². The van der Waals surface area contributed by atoms with Crippen LogP contribution in [0.15, 0.2) is 18.2 Å². The number of hydrogen-bond acceptors (Lipinski definition) is 2. The molecule has 0 spiro atoms. The van der Waals surface area contributed by atoms with Gasteiger partial charge in [-0.1, -0.05) is 18.9 Å². The Morgan fingerprint density at radius 1 is 1.43 bits per heavy atom. The maximum Gasteiger partial charge on any atom is 0.119 e. The van der Waals surface area contributed by atoms with Crippen molar-refractivity contribution in [3.63, 3.8) is 0 Å². The summed E-state index contributed by atoms with van der Waals surface area (Å²) in [4.78, 5) is 1.76. The second-order valence-corrected chi connectivity index (χ2v) is 6.85. The van der Waals surface area contributed by atoms with Crippen molar-refractivity contribution in [2.75, 3.05) is 20.1 Å². The van der Waals surface area contributed by atoms with Crippen LogP contribution in [-0.2, 0) is 11.8 Å². The highest BCUT2D eigenvalue weighted by Gasteiger charge is 2.53. The number of fused-ring (bicyclic) bond motifs is 1. The Morgan fingerprint density at radius 2 is 2.38 bits per heavy atom. The average Bonchev–Trinajstić information content (AvgIpc) is 2.53. The van der Waals surface area contributed by atoms with Gasteiger partial charge in [-0.2, -0.15) is 0 Å². The summed E-state index contributed by atoms with van der Waals surface area (Å²) in [6.07, 6.45) is 6.15. The number of nitrogens with zero attached hydrogens (tertiary/aromatic N) is 1. The summed E-state index contributed by atoms with van der Waals surface area (Å²) in [5.41, 5.74) is 2.52. The summed E-state index contributed by atoms with van der Waals surface area (Å²) in [6.45, 7) is -1.72. The first-order valence-corrected chi connectivity index (χ1v) is 8.19. The van der Waals surface area contributed by atoms with E-state index in [1.165, 1.54) is 30.9 Å². The van der Waals surface area contributed by atoms with Gasteiger partial charge in [-0.15, -0.1) is 0 Å². The van der Waals surface area contributed by atoms with Gasteiger partial charge in [0.1, 0.15) is 5.75 Å². The van der Waals surface area contributed by atoms with Crippen LogP contribution >= 0.6 is 0 Å². The Morgan fingerprint density at radius 3 is 3.24 bits per heavy atom. The summed E-state index contributed by atoms with van der Waals surface area (Å²) in [7, 11) is 0. The van der Waals surface area contributed by atoms with Gasteiger partial charge in [-0.25, -0.2) is 0 Å². The van der Waals surface area contributed by atoms with Crippen molar-refractivity contribution in [3.8, 4) is 5.75 Å². The quantitative estimate of drug-likeness (QED) is 0.822. The first-order valence-electron chi connectivity index (χ1n) is 10.7. The van der Waals surface area contributed by atoms with E-state index in [4.69, 9.17) is 11.6 Å². The molecule has 3 atom stereocenters. The standard InChI is InChI=1S/C19H27NO/c1-3-21-15-8-7-14-12-18-16-6-4-5-9-19(16,17(14)13-15)10-11-20(18)2/h7-8,13,16,18H,3-6,9-12H2,1-2H3/t16-,18+,19+/m1/s1/i2D3,3D2. The smallest absolute Gasteiger partial charge is 0.119 e. The van der Waals surface area contributed by atoms with Gasteiger partial charge in [-0.05, 0) is 75.3 Å². The third kappa shape index (κ3) is 1.95. The van der Waals surface area contributed by atoms with Crippen molar-refractivity contribution >= 4 is 0 Å². The van der Waals surface area contributed by atoms with E-state index in [1.807, 2.05) is 18.2 Å². The third-order valence-corrected chi connectivity index (χ3v) is 6.03. The maximum absolute atomic E-state index is 7.97. The Labute approximate surface area is 135 Å². The van der Waals surface area contributed by atoms with E-state index < -0.39 is 13.5 Å². The zero-order valence-corrected chi connectivity index (χ0v) is 12.7. The summed E-state index contributed by atoms with van der Waals surface area (Å²) in [5.74, 6) is 0.943. The second-order valence-electron chi connectivity index (χ2n) is 6.85. The Kier molecular flexibility index (Phi) is 2.20. The van der Waals surface area contributed by atoms with Crippen LogP contribution < -0.4 is 4.74 Å². The number of hydrogen-bond donors (Lipinski definition) is 0. The normalized spacial score (nSPS) is 39.8. The minimum Gasteiger partial charge on any atom is -0.494 e. The van der Waals surface area contributed by atoms with Crippen molar-refractivity contribution in [1.29, 1.82) is 0 Å². The predicted molar refractivity (Wildman–Crippen MR) is 86.0 cm³/mol. The topological polar surface area (TPSA) is 12.5 Å². The molecule has 0 aromatic heterocycles. The molecule has 21 heavy (non-hydrogen) atoms. The fourth-order valence-electron chi connectivity index (χ4n) is 5.17. The van der Waals surface area contributed by atoms with Gasteiger partial charge in [0.25, 0.3) is 0 Å². The van der Waals surface area contributed by atoms with Crippen LogP contribution in [0.3, 0.4) is 0 Å². The van der Waals surface area contributed by atoms with E-state index in [-0.39, 0.29) is 11.5 Å². The van der Waals surface area contributed by atoms with Gasteiger partial charge < -0.3 is 9.64 Å². The largest absolute Gasteiger partial charge is 0.494 e. The van der Waals surface area contributed by atoms with Gasteiger partial charge >= 0.3 is 0 Å². The summed E-state index contributed by atoms with van der Waals surface area (Å²) >= 11 is 0. The monoisotopic (exact) mass is 290 g/mol. The lowest BCUT2D eigenvalue weighted by atomic mass is 9.52. The molecule has 2 nitrogen and oxygen atoms in total.